The third-order valence-corrected chi connectivity index (χ3v) is 3.85. The maximum atomic E-state index is 12.5. The van der Waals surface area contributed by atoms with Crippen LogP contribution in [0.5, 0.6) is 0 Å². The average molecular weight is 291 g/mol. The Kier molecular flexibility index (Phi) is 3.46. The van der Waals surface area contributed by atoms with Gasteiger partial charge in [0, 0.05) is 29.7 Å². The number of nitrogens with one attached hydrogen (secondary N) is 1. The molecule has 0 radical (unpaired) electrons. The van der Waals surface area contributed by atoms with Crippen LogP contribution in [0.25, 0.3) is 11.3 Å². The summed E-state index contributed by atoms with van der Waals surface area (Å²) in [4.78, 5) is 14.3. The molecule has 104 valence electrons. The molecule has 0 unspecified atom stereocenters. The van der Waals surface area contributed by atoms with Gasteiger partial charge in [-0.2, -0.15) is 5.10 Å². The molecule has 1 saturated heterocycles. The van der Waals surface area contributed by atoms with Crippen molar-refractivity contribution in [3.05, 3.63) is 41.0 Å². The molecule has 20 heavy (non-hydrogen) atoms. The number of nitrogens with two attached hydrogens (primary N) is 1. The first kappa shape index (κ1) is 13.1. The number of carbonyl (C=O) groups is 1. The minimum atomic E-state index is -0.0541. The van der Waals surface area contributed by atoms with Gasteiger partial charge in [-0.25, -0.2) is 0 Å². The average Bonchev–Trinajstić information content (AvgIpc) is 3.07. The van der Waals surface area contributed by atoms with Crippen molar-refractivity contribution in [2.24, 2.45) is 5.73 Å². The molecule has 2 aromatic rings. The predicted molar refractivity (Wildman–Crippen MR) is 77.5 cm³/mol. The van der Waals surface area contributed by atoms with Crippen LogP contribution in [0.15, 0.2) is 30.5 Å². The Labute approximate surface area is 121 Å². The number of amides is 1. The lowest BCUT2D eigenvalue weighted by atomic mass is 10.1. The summed E-state index contributed by atoms with van der Waals surface area (Å²) in [5.74, 6) is -0.0541. The molecular weight excluding hydrogens is 276 g/mol. The Bertz CT molecular complexity index is 640. The number of carbonyl (C=O) groups excluding carboxylic acids is 1. The Balaban J connectivity index is 1.95. The number of likely N-dealkylation sites (tertiary alicyclic amines) is 1. The number of aromatic amines is 1. The maximum Gasteiger partial charge on any atom is 0.257 e. The summed E-state index contributed by atoms with van der Waals surface area (Å²) in [7, 11) is 0. The van der Waals surface area contributed by atoms with Crippen molar-refractivity contribution in [1.82, 2.24) is 15.1 Å². The molecule has 3 N–H and O–H groups in total. The quantitative estimate of drug-likeness (QED) is 0.887. The second-order valence-electron chi connectivity index (χ2n) is 4.94. The normalized spacial score (nSPS) is 18.5. The van der Waals surface area contributed by atoms with Crippen molar-refractivity contribution in [2.45, 2.75) is 12.5 Å². The fraction of sp³-hybridized carbons (Fsp3) is 0.286. The van der Waals surface area contributed by atoms with Gasteiger partial charge in [-0.05, 0) is 12.5 Å². The second-order valence-corrected chi connectivity index (χ2v) is 5.35. The van der Waals surface area contributed by atoms with E-state index in [0.29, 0.717) is 29.4 Å². The summed E-state index contributed by atoms with van der Waals surface area (Å²) in [5.41, 5.74) is 7.82. The van der Waals surface area contributed by atoms with E-state index >= 15 is 0 Å². The first-order chi connectivity index (χ1) is 9.66. The van der Waals surface area contributed by atoms with Gasteiger partial charge in [0.25, 0.3) is 5.91 Å². The largest absolute Gasteiger partial charge is 0.337 e. The molecule has 1 amide bonds. The fourth-order valence-corrected chi connectivity index (χ4v) is 2.69. The molecule has 0 bridgehead atoms. The van der Waals surface area contributed by atoms with Gasteiger partial charge in [-0.3, -0.25) is 9.89 Å². The Morgan fingerprint density at radius 1 is 1.45 bits per heavy atom. The number of nitrogens with zero attached hydrogens (tertiary/aromatic N) is 2. The van der Waals surface area contributed by atoms with Crippen molar-refractivity contribution >= 4 is 17.5 Å². The summed E-state index contributed by atoms with van der Waals surface area (Å²) in [5, 5.41) is 7.44. The van der Waals surface area contributed by atoms with Crippen LogP contribution in [0.1, 0.15) is 16.8 Å². The summed E-state index contributed by atoms with van der Waals surface area (Å²) in [6, 6.07) is 7.44. The zero-order valence-corrected chi connectivity index (χ0v) is 11.6. The molecule has 1 aromatic carbocycles. The van der Waals surface area contributed by atoms with Gasteiger partial charge in [0.1, 0.15) is 0 Å². The van der Waals surface area contributed by atoms with Gasteiger partial charge in [0.2, 0.25) is 0 Å². The SMILES string of the molecule is N[C@@H]1CCN(C(=O)c2cn[nH]c2-c2ccccc2Cl)C1. The molecule has 1 aromatic heterocycles. The first-order valence-corrected chi connectivity index (χ1v) is 6.87. The van der Waals surface area contributed by atoms with Gasteiger partial charge in [-0.1, -0.05) is 29.8 Å². The summed E-state index contributed by atoms with van der Waals surface area (Å²) >= 11 is 6.18. The van der Waals surface area contributed by atoms with E-state index in [4.69, 9.17) is 17.3 Å². The van der Waals surface area contributed by atoms with Crippen LogP contribution in [0.4, 0.5) is 0 Å². The van der Waals surface area contributed by atoms with Crippen molar-refractivity contribution < 1.29 is 4.79 Å². The van der Waals surface area contributed by atoms with Gasteiger partial charge in [0.05, 0.1) is 17.5 Å². The first-order valence-electron chi connectivity index (χ1n) is 6.50. The van der Waals surface area contributed by atoms with E-state index in [1.807, 2.05) is 18.2 Å². The van der Waals surface area contributed by atoms with Crippen LogP contribution in [0.3, 0.4) is 0 Å². The summed E-state index contributed by atoms with van der Waals surface area (Å²) < 4.78 is 0. The highest BCUT2D eigenvalue weighted by Crippen LogP contribution is 2.29. The molecular formula is C14H15ClN4O. The summed E-state index contributed by atoms with van der Waals surface area (Å²) in [6.07, 6.45) is 2.38. The minimum absolute atomic E-state index is 0.0541. The summed E-state index contributed by atoms with van der Waals surface area (Å²) in [6.45, 7) is 1.28. The van der Waals surface area contributed by atoms with Crippen LogP contribution < -0.4 is 5.73 Å². The van der Waals surface area contributed by atoms with E-state index in [1.54, 1.807) is 17.2 Å². The third-order valence-electron chi connectivity index (χ3n) is 3.52. The monoisotopic (exact) mass is 290 g/mol. The van der Waals surface area contributed by atoms with Crippen molar-refractivity contribution in [2.75, 3.05) is 13.1 Å². The lowest BCUT2D eigenvalue weighted by Crippen LogP contribution is -2.31. The van der Waals surface area contributed by atoms with E-state index in [0.717, 1.165) is 12.0 Å². The van der Waals surface area contributed by atoms with E-state index in [-0.39, 0.29) is 11.9 Å². The van der Waals surface area contributed by atoms with E-state index in [1.165, 1.54) is 0 Å². The molecule has 0 saturated carbocycles. The van der Waals surface area contributed by atoms with E-state index < -0.39 is 0 Å². The molecule has 1 aliphatic rings. The van der Waals surface area contributed by atoms with Gasteiger partial charge in [0.15, 0.2) is 0 Å². The number of hydrogen-bond donors (Lipinski definition) is 2. The van der Waals surface area contributed by atoms with Crippen molar-refractivity contribution in [3.63, 3.8) is 0 Å². The Hall–Kier alpha value is -1.85. The second kappa shape index (κ2) is 5.26. The number of halogens is 1. The van der Waals surface area contributed by atoms with Crippen LogP contribution >= 0.6 is 11.6 Å². The highest BCUT2D eigenvalue weighted by molar-refractivity contribution is 6.33. The van der Waals surface area contributed by atoms with Gasteiger partial charge >= 0.3 is 0 Å². The predicted octanol–water partition coefficient (Wildman–Crippen LogP) is 1.90. The molecule has 0 aliphatic carbocycles. The standard InChI is InChI=1S/C14H15ClN4O/c15-12-4-2-1-3-10(12)13-11(7-17-18-13)14(20)19-6-5-9(16)8-19/h1-4,7,9H,5-6,8,16H2,(H,17,18)/t9-/m1/s1. The number of rotatable bonds is 2. The molecule has 1 atom stereocenters. The van der Waals surface area contributed by atoms with Crippen molar-refractivity contribution in [3.8, 4) is 11.3 Å². The highest BCUT2D eigenvalue weighted by Gasteiger charge is 2.27. The van der Waals surface area contributed by atoms with Crippen LogP contribution in [0.2, 0.25) is 5.02 Å². The molecule has 1 aliphatic heterocycles. The molecule has 2 heterocycles. The molecule has 1 fully saturated rings. The lowest BCUT2D eigenvalue weighted by molar-refractivity contribution is 0.0791. The van der Waals surface area contributed by atoms with Gasteiger partial charge < -0.3 is 10.6 Å². The number of benzene rings is 1. The van der Waals surface area contributed by atoms with Crippen LogP contribution in [-0.2, 0) is 0 Å². The third kappa shape index (κ3) is 2.30. The van der Waals surface area contributed by atoms with Gasteiger partial charge in [-0.15, -0.1) is 0 Å². The zero-order chi connectivity index (χ0) is 14.1. The van der Waals surface area contributed by atoms with E-state index in [2.05, 4.69) is 10.2 Å². The lowest BCUT2D eigenvalue weighted by Gasteiger charge is -2.15. The zero-order valence-electron chi connectivity index (χ0n) is 10.8. The molecule has 3 rings (SSSR count). The molecule has 5 nitrogen and oxygen atoms in total. The topological polar surface area (TPSA) is 75.0 Å². The van der Waals surface area contributed by atoms with E-state index in [9.17, 15) is 4.79 Å². The van der Waals surface area contributed by atoms with Crippen LogP contribution in [0, 0.1) is 0 Å². The Morgan fingerprint density at radius 3 is 2.95 bits per heavy atom. The number of aromatic nitrogens is 2. The minimum Gasteiger partial charge on any atom is -0.337 e. The number of hydrogen-bond acceptors (Lipinski definition) is 3. The highest BCUT2D eigenvalue weighted by atomic mass is 35.5. The maximum absolute atomic E-state index is 12.5. The number of H-pyrrole nitrogens is 1. The van der Waals surface area contributed by atoms with Crippen LogP contribution in [-0.4, -0.2) is 40.1 Å². The van der Waals surface area contributed by atoms with Crippen molar-refractivity contribution in [1.29, 1.82) is 0 Å². The molecule has 0 spiro atoms. The molecule has 6 heteroatoms. The Morgan fingerprint density at radius 2 is 2.25 bits per heavy atom. The smallest absolute Gasteiger partial charge is 0.257 e. The fourth-order valence-electron chi connectivity index (χ4n) is 2.46.